The first-order valence-corrected chi connectivity index (χ1v) is 13.6. The van der Waals surface area contributed by atoms with Gasteiger partial charge in [0.25, 0.3) is 0 Å². The molecule has 4 saturated carbocycles. The Morgan fingerprint density at radius 2 is 1.54 bits per heavy atom. The lowest BCUT2D eigenvalue weighted by Gasteiger charge is -2.64. The van der Waals surface area contributed by atoms with Crippen LogP contribution in [0.4, 0.5) is 0 Å². The van der Waals surface area contributed by atoms with Gasteiger partial charge in [-0.3, -0.25) is 0 Å². The molecular formula is C34H32O5. The van der Waals surface area contributed by atoms with Gasteiger partial charge >= 0.3 is 11.9 Å². The van der Waals surface area contributed by atoms with E-state index in [1.54, 1.807) is 12.1 Å². The predicted octanol–water partition coefficient (Wildman–Crippen LogP) is 7.60. The highest BCUT2D eigenvalue weighted by molar-refractivity contribution is 5.94. The van der Waals surface area contributed by atoms with Gasteiger partial charge in [-0.2, -0.15) is 0 Å². The zero-order chi connectivity index (χ0) is 27.4. The standard InChI is InChI=1S/C34H32O5/c1-33-17-22-15-26(19-33)30(34(2,18-22)20-33)23-7-12-28(13-8-23)39-27-10-4-21(5-11-27)3-6-24-16-25(31(35)36)9-14-29(24)32(37)38/h4-5,7-14,16,22,26,30H,15,17-20H2,1-2H3,(H,35,36)(H,37,38). The normalized spacial score (nSPS) is 28.4. The Labute approximate surface area is 228 Å². The van der Waals surface area contributed by atoms with Gasteiger partial charge < -0.3 is 14.9 Å². The molecule has 0 aliphatic heterocycles. The summed E-state index contributed by atoms with van der Waals surface area (Å²) >= 11 is 0. The first-order valence-electron chi connectivity index (χ1n) is 13.6. The van der Waals surface area contributed by atoms with Crippen LogP contribution in [0.1, 0.15) is 89.3 Å². The Bertz CT molecular complexity index is 1510. The number of ether oxygens (including phenoxy) is 1. The van der Waals surface area contributed by atoms with Crippen LogP contribution in [0.3, 0.4) is 0 Å². The van der Waals surface area contributed by atoms with Crippen molar-refractivity contribution in [3.05, 3.63) is 94.5 Å². The Balaban J connectivity index is 1.15. The Morgan fingerprint density at radius 3 is 2.15 bits per heavy atom. The van der Waals surface area contributed by atoms with E-state index >= 15 is 0 Å². The molecule has 5 heteroatoms. The van der Waals surface area contributed by atoms with Gasteiger partial charge in [0.2, 0.25) is 0 Å². The molecule has 0 aromatic heterocycles. The van der Waals surface area contributed by atoms with E-state index in [4.69, 9.17) is 4.74 Å². The molecule has 2 N–H and O–H groups in total. The van der Waals surface area contributed by atoms with Crippen LogP contribution in [-0.2, 0) is 0 Å². The molecule has 3 aromatic carbocycles. The van der Waals surface area contributed by atoms with Crippen LogP contribution in [0.5, 0.6) is 11.5 Å². The molecule has 0 saturated heterocycles. The highest BCUT2D eigenvalue weighted by atomic mass is 16.5. The zero-order valence-corrected chi connectivity index (χ0v) is 22.2. The molecule has 4 aliphatic rings. The van der Waals surface area contributed by atoms with Crippen molar-refractivity contribution in [1.82, 2.24) is 0 Å². The van der Waals surface area contributed by atoms with Crippen LogP contribution in [0.25, 0.3) is 0 Å². The largest absolute Gasteiger partial charge is 0.478 e. The van der Waals surface area contributed by atoms with E-state index < -0.39 is 11.9 Å². The summed E-state index contributed by atoms with van der Waals surface area (Å²) in [6.45, 7) is 5.03. The molecule has 0 heterocycles. The van der Waals surface area contributed by atoms with Crippen molar-refractivity contribution in [3.63, 3.8) is 0 Å². The maximum atomic E-state index is 11.5. The molecule has 39 heavy (non-hydrogen) atoms. The number of carboxylic acids is 2. The lowest BCUT2D eigenvalue weighted by Crippen LogP contribution is -2.53. The second kappa shape index (κ2) is 9.31. The van der Waals surface area contributed by atoms with Crippen molar-refractivity contribution < 1.29 is 24.5 Å². The van der Waals surface area contributed by atoms with Crippen molar-refractivity contribution in [1.29, 1.82) is 0 Å². The van der Waals surface area contributed by atoms with Crippen LogP contribution in [0.2, 0.25) is 0 Å². The third-order valence-electron chi connectivity index (χ3n) is 9.15. The van der Waals surface area contributed by atoms with Crippen molar-refractivity contribution in [3.8, 4) is 23.3 Å². The monoisotopic (exact) mass is 520 g/mol. The minimum atomic E-state index is -1.15. The van der Waals surface area contributed by atoms with Crippen molar-refractivity contribution >= 4 is 11.9 Å². The van der Waals surface area contributed by atoms with Crippen molar-refractivity contribution in [2.45, 2.75) is 51.9 Å². The van der Waals surface area contributed by atoms with Crippen molar-refractivity contribution in [2.75, 3.05) is 0 Å². The third-order valence-corrected chi connectivity index (χ3v) is 9.15. The molecule has 7 rings (SSSR count). The van der Waals surface area contributed by atoms with Gasteiger partial charge in [-0.25, -0.2) is 9.59 Å². The molecule has 198 valence electrons. The van der Waals surface area contributed by atoms with Gasteiger partial charge in [-0.15, -0.1) is 0 Å². The molecule has 0 amide bonds. The van der Waals surface area contributed by atoms with E-state index in [1.165, 1.54) is 55.9 Å². The van der Waals surface area contributed by atoms with Crippen LogP contribution in [-0.4, -0.2) is 22.2 Å². The highest BCUT2D eigenvalue weighted by Crippen LogP contribution is 2.69. The molecule has 4 fully saturated rings. The van der Waals surface area contributed by atoms with Gasteiger partial charge in [0.15, 0.2) is 0 Å². The Kier molecular flexibility index (Phi) is 6.03. The molecule has 3 aromatic rings. The number of hydrogen-bond donors (Lipinski definition) is 2. The average molecular weight is 521 g/mol. The molecule has 0 spiro atoms. The number of rotatable bonds is 5. The molecule has 5 atom stereocenters. The summed E-state index contributed by atoms with van der Waals surface area (Å²) in [6.07, 6.45) is 6.86. The number of hydrogen-bond acceptors (Lipinski definition) is 3. The lowest BCUT2D eigenvalue weighted by molar-refractivity contribution is -0.111. The quantitative estimate of drug-likeness (QED) is 0.339. The summed E-state index contributed by atoms with van der Waals surface area (Å²) in [6, 6.07) is 19.7. The van der Waals surface area contributed by atoms with E-state index in [9.17, 15) is 19.8 Å². The van der Waals surface area contributed by atoms with E-state index in [2.05, 4.69) is 50.0 Å². The van der Waals surface area contributed by atoms with Crippen LogP contribution < -0.4 is 4.74 Å². The number of carbonyl (C=O) groups is 2. The summed E-state index contributed by atoms with van der Waals surface area (Å²) in [7, 11) is 0. The van der Waals surface area contributed by atoms with E-state index in [1.807, 2.05) is 12.1 Å². The third kappa shape index (κ3) is 4.81. The fraction of sp³-hybridized carbons (Fsp3) is 0.353. The molecule has 5 nitrogen and oxygen atoms in total. The minimum absolute atomic E-state index is 0.00856. The van der Waals surface area contributed by atoms with Crippen LogP contribution in [0.15, 0.2) is 66.7 Å². The topological polar surface area (TPSA) is 83.8 Å². The highest BCUT2D eigenvalue weighted by Gasteiger charge is 2.58. The Hall–Kier alpha value is -4.04. The second-order valence-electron chi connectivity index (χ2n) is 12.4. The minimum Gasteiger partial charge on any atom is -0.478 e. The predicted molar refractivity (Wildman–Crippen MR) is 148 cm³/mol. The van der Waals surface area contributed by atoms with Crippen LogP contribution in [0, 0.1) is 34.5 Å². The van der Waals surface area contributed by atoms with Gasteiger partial charge in [-0.1, -0.05) is 37.8 Å². The van der Waals surface area contributed by atoms with Gasteiger partial charge in [0.05, 0.1) is 11.1 Å². The molecule has 5 unspecified atom stereocenters. The van der Waals surface area contributed by atoms with Gasteiger partial charge in [0, 0.05) is 11.1 Å². The average Bonchev–Trinajstić information content (AvgIpc) is 2.87. The molecule has 0 radical (unpaired) electrons. The number of benzene rings is 3. The summed E-state index contributed by atoms with van der Waals surface area (Å²) in [4.78, 5) is 22.8. The molecule has 4 aliphatic carbocycles. The first kappa shape index (κ1) is 25.2. The van der Waals surface area contributed by atoms with E-state index in [0.717, 1.165) is 17.6 Å². The summed E-state index contributed by atoms with van der Waals surface area (Å²) in [5.41, 5.74) is 3.16. The number of aromatic carboxylic acids is 2. The fourth-order valence-corrected chi connectivity index (χ4v) is 8.34. The lowest BCUT2D eigenvalue weighted by atomic mass is 9.40. The smallest absolute Gasteiger partial charge is 0.336 e. The van der Waals surface area contributed by atoms with Gasteiger partial charge in [-0.05, 0) is 121 Å². The second-order valence-corrected chi connectivity index (χ2v) is 12.4. The Morgan fingerprint density at radius 1 is 0.846 bits per heavy atom. The van der Waals surface area contributed by atoms with Gasteiger partial charge in [0.1, 0.15) is 11.5 Å². The SMILES string of the molecule is CC12CC3CC(C1)C(c1ccc(Oc4ccc(C#Cc5cc(C(=O)O)ccc5C(=O)O)cc4)cc1)C(C)(C3)C2. The number of carboxylic acid groups (broad SMARTS) is 2. The van der Waals surface area contributed by atoms with E-state index in [0.29, 0.717) is 28.1 Å². The summed E-state index contributed by atoms with van der Waals surface area (Å²) in [5.74, 6) is 7.25. The zero-order valence-electron chi connectivity index (χ0n) is 22.2. The van der Waals surface area contributed by atoms with Crippen molar-refractivity contribution in [2.24, 2.45) is 22.7 Å². The fourth-order valence-electron chi connectivity index (χ4n) is 8.34. The summed E-state index contributed by atoms with van der Waals surface area (Å²) in [5, 5.41) is 18.6. The summed E-state index contributed by atoms with van der Waals surface area (Å²) < 4.78 is 6.10. The first-order chi connectivity index (χ1) is 18.6. The maximum absolute atomic E-state index is 11.5. The van der Waals surface area contributed by atoms with Crippen LogP contribution >= 0.6 is 0 Å². The maximum Gasteiger partial charge on any atom is 0.336 e. The molecular weight excluding hydrogens is 488 g/mol. The van der Waals surface area contributed by atoms with E-state index in [-0.39, 0.29) is 16.7 Å². The molecule has 4 bridgehead atoms.